The Bertz CT molecular complexity index is 1770. The second-order valence-electron chi connectivity index (χ2n) is 14.1. The number of methoxy groups -OCH3 is 2. The number of aliphatic hydroxyl groups excluding tert-OH is 1. The van der Waals surface area contributed by atoms with E-state index < -0.39 is 66.9 Å². The lowest BCUT2D eigenvalue weighted by Crippen LogP contribution is -2.69. The molecule has 0 radical (unpaired) electrons. The molecule has 0 spiro atoms. The van der Waals surface area contributed by atoms with Crippen LogP contribution in [-0.4, -0.2) is 99.4 Å². The molecule has 1 N–H and O–H groups in total. The van der Waals surface area contributed by atoms with Crippen LogP contribution in [-0.2, 0) is 78.6 Å². The van der Waals surface area contributed by atoms with E-state index in [4.69, 9.17) is 47.4 Å². The van der Waals surface area contributed by atoms with E-state index in [0.717, 1.165) is 22.3 Å². The number of carbonyl (C=O) groups is 1. The topological polar surface area (TPSA) is 130 Å². The second kappa shape index (κ2) is 19.4. The van der Waals surface area contributed by atoms with Crippen molar-refractivity contribution < 1.29 is 57.3 Å². The minimum atomic E-state index is -1.86. The molecule has 8 rings (SSSR count). The van der Waals surface area contributed by atoms with Crippen LogP contribution in [0.5, 0.6) is 0 Å². The summed E-state index contributed by atoms with van der Waals surface area (Å²) in [6.07, 6.45) is -8.78. The van der Waals surface area contributed by atoms with Crippen LogP contribution in [0.25, 0.3) is 0 Å². The van der Waals surface area contributed by atoms with Crippen molar-refractivity contribution in [2.45, 2.75) is 93.8 Å². The Morgan fingerprint density at radius 1 is 0.661 bits per heavy atom. The van der Waals surface area contributed by atoms with Crippen LogP contribution in [0.2, 0.25) is 0 Å². The van der Waals surface area contributed by atoms with E-state index in [1.807, 2.05) is 121 Å². The Balaban J connectivity index is 1.21. The van der Waals surface area contributed by atoms with Crippen molar-refractivity contribution in [1.82, 2.24) is 0 Å². The summed E-state index contributed by atoms with van der Waals surface area (Å²) >= 11 is 0. The summed E-state index contributed by atoms with van der Waals surface area (Å²) in [5, 5.41) is 11.7. The average Bonchev–Trinajstić information content (AvgIpc) is 3.52. The lowest BCUT2D eigenvalue weighted by atomic mass is 9.85. The molecular formula is C44H50O12. The maximum absolute atomic E-state index is 14.0. The van der Waals surface area contributed by atoms with Gasteiger partial charge in [0.15, 0.2) is 18.2 Å². The fraction of sp³-hybridized carbons (Fsp3) is 0.432. The summed E-state index contributed by atoms with van der Waals surface area (Å²) in [5.41, 5.74) is 1.78. The van der Waals surface area contributed by atoms with Crippen LogP contribution >= 0.6 is 0 Å². The van der Waals surface area contributed by atoms with Crippen LogP contribution in [0, 0.1) is 0 Å². The molecule has 4 aliphatic heterocycles. The van der Waals surface area contributed by atoms with E-state index >= 15 is 0 Å². The van der Waals surface area contributed by atoms with Gasteiger partial charge in [-0.15, -0.1) is 0 Å². The van der Waals surface area contributed by atoms with Crippen molar-refractivity contribution in [3.05, 3.63) is 144 Å². The van der Waals surface area contributed by atoms with Crippen molar-refractivity contribution in [2.24, 2.45) is 0 Å². The number of aliphatic hydroxyl groups is 1. The number of esters is 1. The molecule has 0 aromatic heterocycles. The summed E-state index contributed by atoms with van der Waals surface area (Å²) in [6, 6.07) is 38.6. The van der Waals surface area contributed by atoms with Crippen molar-refractivity contribution in [1.29, 1.82) is 0 Å². The van der Waals surface area contributed by atoms with E-state index in [-0.39, 0.29) is 39.5 Å². The molecule has 12 nitrogen and oxygen atoms in total. The molecule has 0 saturated carbocycles. The number of benzene rings is 4. The van der Waals surface area contributed by atoms with Gasteiger partial charge < -0.3 is 52.5 Å². The Kier molecular flexibility index (Phi) is 13.9. The molecule has 12 heteroatoms. The smallest absolute Gasteiger partial charge is 0.341 e. The van der Waals surface area contributed by atoms with Crippen LogP contribution in [0.4, 0.5) is 0 Å². The van der Waals surface area contributed by atoms with Crippen LogP contribution < -0.4 is 0 Å². The van der Waals surface area contributed by atoms with Gasteiger partial charge in [0.05, 0.1) is 33.0 Å². The fourth-order valence-corrected chi connectivity index (χ4v) is 7.44. The largest absolute Gasteiger partial charge is 0.459 e. The molecule has 56 heavy (non-hydrogen) atoms. The average molecular weight is 771 g/mol. The maximum atomic E-state index is 14.0. The first-order chi connectivity index (χ1) is 27.5. The molecule has 4 heterocycles. The van der Waals surface area contributed by atoms with Crippen molar-refractivity contribution in [3.63, 3.8) is 0 Å². The monoisotopic (exact) mass is 770 g/mol. The Morgan fingerprint density at radius 3 is 1.75 bits per heavy atom. The van der Waals surface area contributed by atoms with Gasteiger partial charge in [0.1, 0.15) is 49.3 Å². The summed E-state index contributed by atoms with van der Waals surface area (Å²) in [6.45, 7) is 0.905. The zero-order valence-corrected chi connectivity index (χ0v) is 31.6. The van der Waals surface area contributed by atoms with Gasteiger partial charge in [0, 0.05) is 20.6 Å². The summed E-state index contributed by atoms with van der Waals surface area (Å²) < 4.78 is 63.5. The predicted molar refractivity (Wildman–Crippen MR) is 202 cm³/mol. The molecular weight excluding hydrogens is 720 g/mol. The highest BCUT2D eigenvalue weighted by atomic mass is 16.8. The molecule has 0 amide bonds. The minimum absolute atomic E-state index is 0.00525. The van der Waals surface area contributed by atoms with Crippen LogP contribution in [0.15, 0.2) is 121 Å². The van der Waals surface area contributed by atoms with Crippen LogP contribution in [0.3, 0.4) is 0 Å². The number of hydrogen-bond acceptors (Lipinski definition) is 12. The highest BCUT2D eigenvalue weighted by molar-refractivity contribution is 5.81. The Hall–Kier alpha value is -4.05. The number of carbonyl (C=O) groups excluding carboxylic acids is 1. The molecule has 4 aromatic rings. The third kappa shape index (κ3) is 9.38. The van der Waals surface area contributed by atoms with Gasteiger partial charge in [0.2, 0.25) is 0 Å². The molecule has 10 atom stereocenters. The third-order valence-electron chi connectivity index (χ3n) is 10.4. The second-order valence-corrected chi connectivity index (χ2v) is 14.1. The highest BCUT2D eigenvalue weighted by Crippen LogP contribution is 2.42. The number of hydrogen-bond donors (Lipinski definition) is 1. The number of fused-ring (bicyclic) bond motifs is 4. The molecule has 4 aromatic carbocycles. The van der Waals surface area contributed by atoms with Crippen molar-refractivity contribution in [3.8, 4) is 0 Å². The lowest BCUT2D eigenvalue weighted by molar-refractivity contribution is -0.372. The van der Waals surface area contributed by atoms with Gasteiger partial charge >= 0.3 is 5.97 Å². The van der Waals surface area contributed by atoms with Gasteiger partial charge in [-0.05, 0) is 22.3 Å². The van der Waals surface area contributed by atoms with E-state index in [9.17, 15) is 9.90 Å². The van der Waals surface area contributed by atoms with E-state index in [1.54, 1.807) is 7.11 Å². The van der Waals surface area contributed by atoms with Crippen molar-refractivity contribution >= 4 is 5.97 Å². The lowest BCUT2D eigenvalue weighted by Gasteiger charge is -2.50. The van der Waals surface area contributed by atoms with Gasteiger partial charge in [0.25, 0.3) is 0 Å². The zero-order chi connectivity index (χ0) is 38.7. The van der Waals surface area contributed by atoms with E-state index in [0.29, 0.717) is 6.61 Å². The van der Waals surface area contributed by atoms with E-state index in [1.165, 1.54) is 7.11 Å². The van der Waals surface area contributed by atoms with Crippen molar-refractivity contribution in [2.75, 3.05) is 27.4 Å². The Labute approximate surface area is 327 Å². The molecule has 4 fully saturated rings. The number of ether oxygens (including phenoxy) is 10. The normalized spacial score (nSPS) is 30.1. The van der Waals surface area contributed by atoms with Gasteiger partial charge in [-0.1, -0.05) is 121 Å². The first kappa shape index (κ1) is 40.2. The maximum Gasteiger partial charge on any atom is 0.341 e. The molecule has 298 valence electrons. The van der Waals surface area contributed by atoms with Gasteiger partial charge in [-0.25, -0.2) is 4.79 Å². The van der Waals surface area contributed by atoms with Gasteiger partial charge in [-0.3, -0.25) is 0 Å². The van der Waals surface area contributed by atoms with Crippen LogP contribution in [0.1, 0.15) is 28.7 Å². The summed E-state index contributed by atoms with van der Waals surface area (Å²) in [7, 11) is 3.00. The first-order valence-electron chi connectivity index (χ1n) is 19.0. The molecule has 2 bridgehead atoms. The summed E-state index contributed by atoms with van der Waals surface area (Å²) in [5.74, 6) is -0.753. The molecule has 0 aliphatic carbocycles. The molecule has 4 aliphatic rings. The van der Waals surface area contributed by atoms with Gasteiger partial charge in [-0.2, -0.15) is 0 Å². The first-order valence-corrected chi connectivity index (χ1v) is 19.0. The molecule has 0 unspecified atom stereocenters. The molecule has 4 saturated heterocycles. The predicted octanol–water partition coefficient (Wildman–Crippen LogP) is 5.13. The van der Waals surface area contributed by atoms with E-state index in [2.05, 4.69) is 0 Å². The summed E-state index contributed by atoms with van der Waals surface area (Å²) in [4.78, 5) is 14.0. The zero-order valence-electron chi connectivity index (χ0n) is 31.6. The quantitative estimate of drug-likeness (QED) is 0.143. The minimum Gasteiger partial charge on any atom is -0.459 e. The highest BCUT2D eigenvalue weighted by Gasteiger charge is 2.63. The SMILES string of the molecule is CO[C@H]1O[C@H](COCc2ccccc2)[C@@H](O[C@@H]2O[C@]3(C(=O)OCc4ccccc4)CCO[C@H]2[C@@H](OC)[C@@H]3O)[C@H](OCc2ccccc2)[C@H]1OCc1ccccc1. The Morgan fingerprint density at radius 2 is 1.20 bits per heavy atom. The fourth-order valence-electron chi connectivity index (χ4n) is 7.44. The standard InChI is InChI=1S/C44H50O12/c1-47-37-39-42(56-44(40(37)45,23-24-50-39)43(46)53-28-33-21-13-6-14-22-33)55-35-34(29-49-25-30-15-7-3-8-16-30)54-41(48-2)38(52-27-32-19-11-5-12-20-32)36(35)51-26-31-17-9-4-10-18-31/h3-22,34-42,45H,23-29H2,1-2H3/t34-,35-,36+,37-,38-,39+,40+,41+,42-,44-/m1/s1. The third-order valence-corrected chi connectivity index (χ3v) is 10.4. The number of rotatable bonds is 17.